The van der Waals surface area contributed by atoms with Gasteiger partial charge in [-0.3, -0.25) is 9.78 Å². The van der Waals surface area contributed by atoms with E-state index in [4.69, 9.17) is 11.6 Å². The molecule has 0 spiro atoms. The van der Waals surface area contributed by atoms with Crippen LogP contribution in [0.4, 0.5) is 5.69 Å². The summed E-state index contributed by atoms with van der Waals surface area (Å²) >= 11 is 6.08. The van der Waals surface area contributed by atoms with Crippen LogP contribution in [0.1, 0.15) is 31.9 Å². The van der Waals surface area contributed by atoms with Gasteiger partial charge in [-0.2, -0.15) is 0 Å². The lowest BCUT2D eigenvalue weighted by molar-refractivity contribution is -0.123. The van der Waals surface area contributed by atoms with E-state index in [0.717, 1.165) is 16.8 Å². The highest BCUT2D eigenvalue weighted by molar-refractivity contribution is 6.30. The highest BCUT2D eigenvalue weighted by Crippen LogP contribution is 2.25. The van der Waals surface area contributed by atoms with Gasteiger partial charge >= 0.3 is 0 Å². The van der Waals surface area contributed by atoms with Crippen molar-refractivity contribution in [1.29, 1.82) is 0 Å². The molecular formula is C17H19ClN2O. The number of hydrogen-bond acceptors (Lipinski definition) is 2. The summed E-state index contributed by atoms with van der Waals surface area (Å²) in [6, 6.07) is 9.44. The Kier molecular flexibility index (Phi) is 4.63. The fraction of sp³-hybridized carbons (Fsp3) is 0.294. The summed E-state index contributed by atoms with van der Waals surface area (Å²) in [5.74, 6) is -0.0131. The first kappa shape index (κ1) is 15.5. The fourth-order valence-corrected chi connectivity index (χ4v) is 2.06. The maximum atomic E-state index is 12.2. The molecule has 21 heavy (non-hydrogen) atoms. The molecule has 2 rings (SSSR count). The normalized spacial score (nSPS) is 11.2. The summed E-state index contributed by atoms with van der Waals surface area (Å²) in [4.78, 5) is 16.2. The molecule has 0 aliphatic carbocycles. The Morgan fingerprint density at radius 1 is 1.19 bits per heavy atom. The predicted molar refractivity (Wildman–Crippen MR) is 86.6 cm³/mol. The van der Waals surface area contributed by atoms with Gasteiger partial charge < -0.3 is 5.32 Å². The van der Waals surface area contributed by atoms with Crippen LogP contribution in [0.2, 0.25) is 5.02 Å². The van der Waals surface area contributed by atoms with Crippen molar-refractivity contribution in [2.45, 2.75) is 27.2 Å². The number of amides is 1. The van der Waals surface area contributed by atoms with Gasteiger partial charge in [-0.15, -0.1) is 0 Å². The standard InChI is InChI=1S/C17H19ClN2O/c1-17(2,3)16(21)20-15-5-4-14(18)11-13(15)10-12-6-8-19-9-7-12/h4-9,11H,10H2,1-3H3,(H,20,21). The van der Waals surface area contributed by atoms with Crippen LogP contribution in [-0.2, 0) is 11.2 Å². The number of pyridine rings is 1. The van der Waals surface area contributed by atoms with E-state index < -0.39 is 5.41 Å². The number of aromatic nitrogens is 1. The number of nitrogens with zero attached hydrogens (tertiary/aromatic N) is 1. The molecule has 0 aliphatic rings. The molecule has 1 aromatic carbocycles. The Morgan fingerprint density at radius 3 is 2.48 bits per heavy atom. The summed E-state index contributed by atoms with van der Waals surface area (Å²) in [5.41, 5.74) is 2.48. The Bertz CT molecular complexity index is 633. The minimum atomic E-state index is -0.437. The zero-order valence-electron chi connectivity index (χ0n) is 12.5. The first-order valence-corrected chi connectivity index (χ1v) is 7.23. The minimum Gasteiger partial charge on any atom is -0.325 e. The van der Waals surface area contributed by atoms with Crippen molar-refractivity contribution in [1.82, 2.24) is 4.98 Å². The van der Waals surface area contributed by atoms with E-state index in [1.807, 2.05) is 45.0 Å². The molecule has 4 heteroatoms. The number of hydrogen-bond donors (Lipinski definition) is 1. The average Bonchev–Trinajstić information content (AvgIpc) is 2.42. The maximum Gasteiger partial charge on any atom is 0.229 e. The lowest BCUT2D eigenvalue weighted by atomic mass is 9.95. The molecule has 0 fully saturated rings. The fourth-order valence-electron chi connectivity index (χ4n) is 1.86. The van der Waals surface area contributed by atoms with Crippen molar-refractivity contribution >= 4 is 23.2 Å². The molecule has 0 saturated heterocycles. The van der Waals surface area contributed by atoms with E-state index in [0.29, 0.717) is 11.4 Å². The van der Waals surface area contributed by atoms with Gasteiger partial charge in [0.25, 0.3) is 0 Å². The summed E-state index contributed by atoms with van der Waals surface area (Å²) in [6.45, 7) is 5.67. The quantitative estimate of drug-likeness (QED) is 0.918. The highest BCUT2D eigenvalue weighted by atomic mass is 35.5. The van der Waals surface area contributed by atoms with Gasteiger partial charge in [0, 0.05) is 28.5 Å². The third-order valence-electron chi connectivity index (χ3n) is 3.14. The summed E-state index contributed by atoms with van der Waals surface area (Å²) in [5, 5.41) is 3.64. The van der Waals surface area contributed by atoms with Crippen LogP contribution in [-0.4, -0.2) is 10.9 Å². The molecular weight excluding hydrogens is 284 g/mol. The van der Waals surface area contributed by atoms with E-state index in [-0.39, 0.29) is 5.91 Å². The zero-order chi connectivity index (χ0) is 15.5. The Hall–Kier alpha value is -1.87. The number of rotatable bonds is 3. The van der Waals surface area contributed by atoms with E-state index >= 15 is 0 Å². The smallest absolute Gasteiger partial charge is 0.229 e. The second-order valence-electron chi connectivity index (χ2n) is 6.04. The summed E-state index contributed by atoms with van der Waals surface area (Å²) in [7, 11) is 0. The van der Waals surface area contributed by atoms with Crippen molar-refractivity contribution in [2.24, 2.45) is 5.41 Å². The molecule has 1 N–H and O–H groups in total. The third kappa shape index (κ3) is 4.30. The van der Waals surface area contributed by atoms with Gasteiger partial charge in [0.2, 0.25) is 5.91 Å². The van der Waals surface area contributed by atoms with Gasteiger partial charge in [-0.1, -0.05) is 32.4 Å². The number of carbonyl (C=O) groups excluding carboxylic acids is 1. The molecule has 110 valence electrons. The maximum absolute atomic E-state index is 12.2. The average molecular weight is 303 g/mol. The summed E-state index contributed by atoms with van der Waals surface area (Å²) in [6.07, 6.45) is 4.21. The van der Waals surface area contributed by atoms with Gasteiger partial charge in [-0.05, 0) is 47.9 Å². The van der Waals surface area contributed by atoms with Gasteiger partial charge in [0.15, 0.2) is 0 Å². The molecule has 0 atom stereocenters. The summed E-state index contributed by atoms with van der Waals surface area (Å²) < 4.78 is 0. The first-order valence-electron chi connectivity index (χ1n) is 6.85. The van der Waals surface area contributed by atoms with Gasteiger partial charge in [-0.25, -0.2) is 0 Å². The molecule has 0 saturated carbocycles. The van der Waals surface area contributed by atoms with Crippen molar-refractivity contribution in [3.05, 3.63) is 58.9 Å². The van der Waals surface area contributed by atoms with Crippen molar-refractivity contribution < 1.29 is 4.79 Å². The molecule has 3 nitrogen and oxygen atoms in total. The van der Waals surface area contributed by atoms with Gasteiger partial charge in [0.1, 0.15) is 0 Å². The van der Waals surface area contributed by atoms with Crippen LogP contribution in [0.3, 0.4) is 0 Å². The Labute approximate surface area is 130 Å². The molecule has 1 heterocycles. The zero-order valence-corrected chi connectivity index (χ0v) is 13.2. The molecule has 0 bridgehead atoms. The lowest BCUT2D eigenvalue weighted by Crippen LogP contribution is -2.28. The van der Waals surface area contributed by atoms with Crippen molar-refractivity contribution in [3.63, 3.8) is 0 Å². The molecule has 0 radical (unpaired) electrons. The first-order chi connectivity index (χ1) is 9.86. The predicted octanol–water partition coefficient (Wildman–Crippen LogP) is 4.31. The van der Waals surface area contributed by atoms with E-state index in [9.17, 15) is 4.79 Å². The van der Waals surface area contributed by atoms with Crippen LogP contribution in [0.25, 0.3) is 0 Å². The minimum absolute atomic E-state index is 0.0131. The molecule has 0 aliphatic heterocycles. The topological polar surface area (TPSA) is 42.0 Å². The van der Waals surface area contributed by atoms with E-state index in [1.165, 1.54) is 0 Å². The lowest BCUT2D eigenvalue weighted by Gasteiger charge is -2.19. The van der Waals surface area contributed by atoms with Crippen LogP contribution in [0.15, 0.2) is 42.7 Å². The number of anilines is 1. The number of benzene rings is 1. The molecule has 2 aromatic rings. The number of halogens is 1. The van der Waals surface area contributed by atoms with Gasteiger partial charge in [0.05, 0.1) is 0 Å². The Morgan fingerprint density at radius 2 is 1.86 bits per heavy atom. The van der Waals surface area contributed by atoms with Crippen molar-refractivity contribution in [2.75, 3.05) is 5.32 Å². The number of nitrogens with one attached hydrogen (secondary N) is 1. The SMILES string of the molecule is CC(C)(C)C(=O)Nc1ccc(Cl)cc1Cc1ccncc1. The monoisotopic (exact) mass is 302 g/mol. The highest BCUT2D eigenvalue weighted by Gasteiger charge is 2.22. The van der Waals surface area contributed by atoms with E-state index in [1.54, 1.807) is 18.5 Å². The second kappa shape index (κ2) is 6.27. The second-order valence-corrected chi connectivity index (χ2v) is 6.47. The largest absolute Gasteiger partial charge is 0.325 e. The number of carbonyl (C=O) groups is 1. The van der Waals surface area contributed by atoms with Crippen LogP contribution < -0.4 is 5.32 Å². The Balaban J connectivity index is 2.28. The molecule has 1 amide bonds. The van der Waals surface area contributed by atoms with Crippen LogP contribution >= 0.6 is 11.6 Å². The van der Waals surface area contributed by atoms with Crippen molar-refractivity contribution in [3.8, 4) is 0 Å². The molecule has 0 unspecified atom stereocenters. The van der Waals surface area contributed by atoms with Crippen LogP contribution in [0.5, 0.6) is 0 Å². The molecule has 1 aromatic heterocycles. The van der Waals surface area contributed by atoms with Crippen LogP contribution in [0, 0.1) is 5.41 Å². The third-order valence-corrected chi connectivity index (χ3v) is 3.38. The van der Waals surface area contributed by atoms with E-state index in [2.05, 4.69) is 10.3 Å².